The lowest BCUT2D eigenvalue weighted by atomic mass is 9.46. The fourth-order valence-corrected chi connectivity index (χ4v) is 4.41. The van der Waals surface area contributed by atoms with E-state index < -0.39 is 5.54 Å². The maximum absolute atomic E-state index is 12.8. The predicted molar refractivity (Wildman–Crippen MR) is 88.5 cm³/mol. The quantitative estimate of drug-likeness (QED) is 0.801. The van der Waals surface area contributed by atoms with Gasteiger partial charge in [0.1, 0.15) is 5.54 Å². The summed E-state index contributed by atoms with van der Waals surface area (Å²) in [4.78, 5) is 15.0. The molecule has 3 unspecified atom stereocenters. The molecule has 1 amide bonds. The van der Waals surface area contributed by atoms with Crippen LogP contribution in [0.3, 0.4) is 0 Å². The van der Waals surface area contributed by atoms with Crippen molar-refractivity contribution in [2.24, 2.45) is 22.5 Å². The Morgan fingerprint density at radius 1 is 1.41 bits per heavy atom. The average molecular weight is 311 g/mol. The number of hydrogen-bond acceptors (Lipinski definition) is 4. The lowest BCUT2D eigenvalue weighted by Crippen LogP contribution is -2.82. The van der Waals surface area contributed by atoms with Crippen LogP contribution in [0, 0.1) is 16.7 Å². The van der Waals surface area contributed by atoms with Crippen molar-refractivity contribution in [1.82, 2.24) is 10.2 Å². The van der Waals surface area contributed by atoms with Gasteiger partial charge in [0.25, 0.3) is 0 Å². The van der Waals surface area contributed by atoms with Gasteiger partial charge >= 0.3 is 0 Å². The standard InChI is InChI=1S/C17H33N3O2/c1-15(2,11-20(5)6)10-19-14(21)17(18)12-8-7-9-22-13(12)16(17,3)4/h12-13H,7-11,18H2,1-6H3,(H,19,21). The zero-order chi connectivity index (χ0) is 16.8. The predicted octanol–water partition coefficient (Wildman–Crippen LogP) is 1.22. The molecule has 3 N–H and O–H groups in total. The largest absolute Gasteiger partial charge is 0.377 e. The molecular formula is C17H33N3O2. The summed E-state index contributed by atoms with van der Waals surface area (Å²) in [5.41, 5.74) is 5.50. The number of nitrogens with zero attached hydrogens (tertiary/aromatic N) is 1. The smallest absolute Gasteiger partial charge is 0.241 e. The first kappa shape index (κ1) is 17.7. The van der Waals surface area contributed by atoms with Crippen LogP contribution in [0.15, 0.2) is 0 Å². The fourth-order valence-electron chi connectivity index (χ4n) is 4.41. The molecule has 3 atom stereocenters. The molecule has 128 valence electrons. The number of rotatable bonds is 5. The second-order valence-electron chi connectivity index (χ2n) is 8.72. The zero-order valence-electron chi connectivity index (χ0n) is 15.0. The van der Waals surface area contributed by atoms with E-state index in [1.807, 2.05) is 14.1 Å². The van der Waals surface area contributed by atoms with Gasteiger partial charge in [-0.15, -0.1) is 0 Å². The number of ether oxygens (including phenoxy) is 1. The Morgan fingerprint density at radius 2 is 2.05 bits per heavy atom. The maximum Gasteiger partial charge on any atom is 0.241 e. The number of nitrogens with two attached hydrogens (primary N) is 1. The average Bonchev–Trinajstić information content (AvgIpc) is 2.42. The molecular weight excluding hydrogens is 278 g/mol. The summed E-state index contributed by atoms with van der Waals surface area (Å²) < 4.78 is 5.87. The van der Waals surface area contributed by atoms with Crippen LogP contribution >= 0.6 is 0 Å². The first-order chi connectivity index (χ1) is 10.0. The van der Waals surface area contributed by atoms with Crippen molar-refractivity contribution in [2.45, 2.75) is 52.2 Å². The minimum absolute atomic E-state index is 0.0175. The van der Waals surface area contributed by atoms with Crippen molar-refractivity contribution in [2.75, 3.05) is 33.8 Å². The number of fused-ring (bicyclic) bond motifs is 1. The second-order valence-corrected chi connectivity index (χ2v) is 8.72. The molecule has 2 fully saturated rings. The summed E-state index contributed by atoms with van der Waals surface area (Å²) in [5, 5.41) is 3.11. The van der Waals surface area contributed by atoms with Gasteiger partial charge in [-0.1, -0.05) is 27.7 Å². The summed E-state index contributed by atoms with van der Waals surface area (Å²) in [5.74, 6) is 0.129. The van der Waals surface area contributed by atoms with Crippen molar-refractivity contribution in [3.63, 3.8) is 0 Å². The Labute approximate surface area is 134 Å². The zero-order valence-corrected chi connectivity index (χ0v) is 15.0. The van der Waals surface area contributed by atoms with Crippen molar-refractivity contribution < 1.29 is 9.53 Å². The van der Waals surface area contributed by atoms with Crippen LogP contribution in [-0.4, -0.2) is 56.2 Å². The Morgan fingerprint density at radius 3 is 2.64 bits per heavy atom. The maximum atomic E-state index is 12.8. The van der Waals surface area contributed by atoms with Gasteiger partial charge < -0.3 is 20.7 Å². The lowest BCUT2D eigenvalue weighted by molar-refractivity contribution is -0.225. The third kappa shape index (κ3) is 2.79. The number of carbonyl (C=O) groups is 1. The van der Waals surface area contributed by atoms with Crippen LogP contribution in [0.2, 0.25) is 0 Å². The fraction of sp³-hybridized carbons (Fsp3) is 0.941. The Balaban J connectivity index is 2.02. The lowest BCUT2D eigenvalue weighted by Gasteiger charge is -2.65. The van der Waals surface area contributed by atoms with Crippen LogP contribution in [-0.2, 0) is 9.53 Å². The molecule has 1 heterocycles. The van der Waals surface area contributed by atoms with Gasteiger partial charge in [-0.05, 0) is 32.4 Å². The molecule has 2 aliphatic rings. The van der Waals surface area contributed by atoms with Crippen LogP contribution in [0.4, 0.5) is 0 Å². The van der Waals surface area contributed by atoms with Gasteiger partial charge in [-0.2, -0.15) is 0 Å². The molecule has 0 bridgehead atoms. The van der Waals surface area contributed by atoms with Crippen molar-refractivity contribution in [1.29, 1.82) is 0 Å². The summed E-state index contributed by atoms with van der Waals surface area (Å²) in [6, 6.07) is 0. The molecule has 0 aromatic rings. The SMILES string of the molecule is CN(C)CC(C)(C)CNC(=O)C1(N)C2CCCOC2C1(C)C. The van der Waals surface area contributed by atoms with Crippen LogP contribution in [0.5, 0.6) is 0 Å². The molecule has 1 aliphatic heterocycles. The third-order valence-electron chi connectivity index (χ3n) is 5.53. The van der Waals surface area contributed by atoms with E-state index in [1.54, 1.807) is 0 Å². The van der Waals surface area contributed by atoms with Crippen LogP contribution < -0.4 is 11.1 Å². The molecule has 0 radical (unpaired) electrons. The minimum atomic E-state index is -0.813. The first-order valence-electron chi connectivity index (χ1n) is 8.36. The highest BCUT2D eigenvalue weighted by atomic mass is 16.5. The summed E-state index contributed by atoms with van der Waals surface area (Å²) >= 11 is 0. The van der Waals surface area contributed by atoms with Gasteiger partial charge in [0.2, 0.25) is 5.91 Å². The van der Waals surface area contributed by atoms with Gasteiger partial charge in [0.05, 0.1) is 6.10 Å². The molecule has 5 nitrogen and oxygen atoms in total. The molecule has 5 heteroatoms. The minimum Gasteiger partial charge on any atom is -0.377 e. The number of nitrogens with one attached hydrogen (secondary N) is 1. The van der Waals surface area contributed by atoms with Crippen LogP contribution in [0.25, 0.3) is 0 Å². The van der Waals surface area contributed by atoms with Crippen molar-refractivity contribution in [3.8, 4) is 0 Å². The highest BCUT2D eigenvalue weighted by Gasteiger charge is 2.70. The molecule has 0 spiro atoms. The van der Waals surface area contributed by atoms with E-state index in [-0.39, 0.29) is 28.8 Å². The molecule has 0 aromatic carbocycles. The number of carbonyl (C=O) groups excluding carboxylic acids is 1. The topological polar surface area (TPSA) is 67.6 Å². The normalized spacial score (nSPS) is 34.0. The van der Waals surface area contributed by atoms with Gasteiger partial charge in [-0.25, -0.2) is 0 Å². The highest BCUT2D eigenvalue weighted by molar-refractivity contribution is 5.89. The molecule has 2 rings (SSSR count). The van der Waals surface area contributed by atoms with Gasteiger partial charge in [0, 0.05) is 31.0 Å². The molecule has 1 saturated heterocycles. The van der Waals surface area contributed by atoms with E-state index in [1.165, 1.54) is 0 Å². The van der Waals surface area contributed by atoms with Crippen LogP contribution in [0.1, 0.15) is 40.5 Å². The van der Waals surface area contributed by atoms with E-state index in [0.29, 0.717) is 6.54 Å². The van der Waals surface area contributed by atoms with Gasteiger partial charge in [-0.3, -0.25) is 4.79 Å². The highest BCUT2D eigenvalue weighted by Crippen LogP contribution is 2.57. The monoisotopic (exact) mass is 311 g/mol. The summed E-state index contributed by atoms with van der Waals surface area (Å²) in [6.07, 6.45) is 2.10. The number of hydrogen-bond donors (Lipinski definition) is 2. The Kier molecular flexibility index (Phi) is 4.64. The van der Waals surface area contributed by atoms with E-state index in [9.17, 15) is 4.79 Å². The van der Waals surface area contributed by atoms with E-state index >= 15 is 0 Å². The Hall–Kier alpha value is -0.650. The van der Waals surface area contributed by atoms with E-state index in [2.05, 4.69) is 37.9 Å². The van der Waals surface area contributed by atoms with Gasteiger partial charge in [0.15, 0.2) is 0 Å². The molecule has 22 heavy (non-hydrogen) atoms. The molecule has 0 aromatic heterocycles. The van der Waals surface area contributed by atoms with Crippen molar-refractivity contribution in [3.05, 3.63) is 0 Å². The van der Waals surface area contributed by atoms with E-state index in [0.717, 1.165) is 26.0 Å². The third-order valence-corrected chi connectivity index (χ3v) is 5.53. The molecule has 1 aliphatic carbocycles. The summed E-state index contributed by atoms with van der Waals surface area (Å²) in [6.45, 7) is 10.8. The first-order valence-corrected chi connectivity index (χ1v) is 8.36. The number of amides is 1. The molecule has 1 saturated carbocycles. The van der Waals surface area contributed by atoms with Crippen molar-refractivity contribution >= 4 is 5.91 Å². The summed E-state index contributed by atoms with van der Waals surface area (Å²) in [7, 11) is 4.10. The Bertz CT molecular complexity index is 434. The second kappa shape index (κ2) is 5.77. The van der Waals surface area contributed by atoms with E-state index in [4.69, 9.17) is 10.5 Å².